The summed E-state index contributed by atoms with van der Waals surface area (Å²) in [6.07, 6.45) is 2.58. The summed E-state index contributed by atoms with van der Waals surface area (Å²) in [5.74, 6) is 0.814. The quantitative estimate of drug-likeness (QED) is 0.845. The topological polar surface area (TPSA) is 44.4 Å². The molecule has 0 atom stereocenters. The van der Waals surface area contributed by atoms with Gasteiger partial charge in [-0.25, -0.2) is 0 Å². The molecule has 0 saturated carbocycles. The van der Waals surface area contributed by atoms with Gasteiger partial charge in [0.25, 0.3) is 0 Å². The Morgan fingerprint density at radius 2 is 1.86 bits per heavy atom. The van der Waals surface area contributed by atoms with Crippen LogP contribution in [0.25, 0.3) is 0 Å². The maximum absolute atomic E-state index is 11.0. The second-order valence-electron chi connectivity index (χ2n) is 5.91. The lowest BCUT2D eigenvalue weighted by molar-refractivity contribution is -0.114. The minimum Gasteiger partial charge on any atom is -0.326 e. The van der Waals surface area contributed by atoms with Crippen LogP contribution in [0.3, 0.4) is 0 Å². The number of hydrogen-bond donors (Lipinski definition) is 2. The Hall–Kier alpha value is -1.10. The van der Waals surface area contributed by atoms with Crippen molar-refractivity contribution in [2.24, 2.45) is 5.92 Å². The number of rotatable bonds is 6. The van der Waals surface area contributed by atoms with Crippen LogP contribution in [0.2, 0.25) is 0 Å². The first kappa shape index (κ1) is 18.9. The minimum atomic E-state index is -0.0227. The molecule has 4 nitrogen and oxygen atoms in total. The van der Waals surface area contributed by atoms with Crippen molar-refractivity contribution in [2.45, 2.75) is 33.2 Å². The molecule has 1 aliphatic heterocycles. The largest absolute Gasteiger partial charge is 0.326 e. The van der Waals surface area contributed by atoms with Gasteiger partial charge in [0.05, 0.1) is 0 Å². The summed E-state index contributed by atoms with van der Waals surface area (Å²) in [6.45, 7) is 9.31. The van der Waals surface area contributed by atoms with Crippen molar-refractivity contribution in [1.29, 1.82) is 0 Å². The van der Waals surface area contributed by atoms with E-state index >= 15 is 0 Å². The van der Waals surface area contributed by atoms with Crippen LogP contribution in [-0.4, -0.2) is 37.0 Å². The van der Waals surface area contributed by atoms with E-state index in [2.05, 4.69) is 34.6 Å². The van der Waals surface area contributed by atoms with E-state index in [-0.39, 0.29) is 18.3 Å². The number of nitrogens with one attached hydrogen (secondary N) is 2. The monoisotopic (exact) mass is 325 g/mol. The molecule has 124 valence electrons. The lowest BCUT2D eigenvalue weighted by atomic mass is 9.96. The van der Waals surface area contributed by atoms with E-state index in [4.69, 9.17) is 0 Å². The predicted molar refractivity (Wildman–Crippen MR) is 94.5 cm³/mol. The van der Waals surface area contributed by atoms with E-state index in [9.17, 15) is 4.79 Å². The van der Waals surface area contributed by atoms with Crippen LogP contribution in [0, 0.1) is 5.92 Å². The SMILES string of the molecule is CCNCC1CCN(Cc2ccc(NC(C)=O)cc2)CC1.Cl. The molecular formula is C17H28ClN3O. The highest BCUT2D eigenvalue weighted by molar-refractivity contribution is 5.88. The van der Waals surface area contributed by atoms with Gasteiger partial charge in [-0.15, -0.1) is 12.4 Å². The Kier molecular flexibility index (Phi) is 8.46. The number of hydrogen-bond acceptors (Lipinski definition) is 3. The first-order valence-corrected chi connectivity index (χ1v) is 7.97. The average Bonchev–Trinajstić information content (AvgIpc) is 2.48. The highest BCUT2D eigenvalue weighted by atomic mass is 35.5. The molecule has 0 aromatic heterocycles. The average molecular weight is 326 g/mol. The molecule has 0 aliphatic carbocycles. The fourth-order valence-corrected chi connectivity index (χ4v) is 2.85. The van der Waals surface area contributed by atoms with Gasteiger partial charge in [-0.2, -0.15) is 0 Å². The maximum atomic E-state index is 11.0. The van der Waals surface area contributed by atoms with Crippen molar-refractivity contribution in [1.82, 2.24) is 10.2 Å². The molecule has 1 fully saturated rings. The van der Waals surface area contributed by atoms with Crippen LogP contribution in [0.1, 0.15) is 32.3 Å². The molecule has 1 aromatic carbocycles. The van der Waals surface area contributed by atoms with E-state index in [1.54, 1.807) is 0 Å². The molecule has 22 heavy (non-hydrogen) atoms. The molecule has 2 rings (SSSR count). The van der Waals surface area contributed by atoms with Crippen LogP contribution in [0.15, 0.2) is 24.3 Å². The van der Waals surface area contributed by atoms with Crippen molar-refractivity contribution in [3.8, 4) is 0 Å². The Morgan fingerprint density at radius 3 is 2.41 bits per heavy atom. The van der Waals surface area contributed by atoms with E-state index in [0.717, 1.165) is 31.2 Å². The van der Waals surface area contributed by atoms with Gasteiger partial charge < -0.3 is 10.6 Å². The summed E-state index contributed by atoms with van der Waals surface area (Å²) in [7, 11) is 0. The Labute approximate surface area is 140 Å². The van der Waals surface area contributed by atoms with Crippen LogP contribution in [0.5, 0.6) is 0 Å². The third kappa shape index (κ3) is 6.34. The predicted octanol–water partition coefficient (Wildman–Crippen LogP) is 2.89. The smallest absolute Gasteiger partial charge is 0.221 e. The number of piperidine rings is 1. The van der Waals surface area contributed by atoms with Crippen LogP contribution < -0.4 is 10.6 Å². The molecule has 2 N–H and O–H groups in total. The number of benzene rings is 1. The second kappa shape index (κ2) is 9.82. The highest BCUT2D eigenvalue weighted by Crippen LogP contribution is 2.19. The normalized spacial score (nSPS) is 16.1. The zero-order valence-electron chi connectivity index (χ0n) is 13.6. The van der Waals surface area contributed by atoms with E-state index < -0.39 is 0 Å². The lowest BCUT2D eigenvalue weighted by Crippen LogP contribution is -2.36. The molecule has 1 amide bonds. The standard InChI is InChI=1S/C17H27N3O.ClH/c1-3-18-12-15-8-10-20(11-9-15)13-16-4-6-17(7-5-16)19-14(2)21;/h4-7,15,18H,3,8-13H2,1-2H3,(H,19,21);1H. The molecule has 5 heteroatoms. The van der Waals surface area contributed by atoms with E-state index in [1.807, 2.05) is 12.1 Å². The van der Waals surface area contributed by atoms with Gasteiger partial charge in [-0.05, 0) is 62.6 Å². The van der Waals surface area contributed by atoms with Gasteiger partial charge in [0.15, 0.2) is 0 Å². The highest BCUT2D eigenvalue weighted by Gasteiger charge is 2.18. The molecule has 0 bridgehead atoms. The van der Waals surface area contributed by atoms with Gasteiger partial charge in [-0.3, -0.25) is 9.69 Å². The number of anilines is 1. The van der Waals surface area contributed by atoms with Gasteiger partial charge in [0.2, 0.25) is 5.91 Å². The zero-order chi connectivity index (χ0) is 15.1. The van der Waals surface area contributed by atoms with Crippen LogP contribution in [0.4, 0.5) is 5.69 Å². The molecule has 1 heterocycles. The van der Waals surface area contributed by atoms with Crippen LogP contribution >= 0.6 is 12.4 Å². The number of amides is 1. The Morgan fingerprint density at radius 1 is 1.23 bits per heavy atom. The van der Waals surface area contributed by atoms with Crippen molar-refractivity contribution < 1.29 is 4.79 Å². The number of nitrogens with zero attached hydrogens (tertiary/aromatic N) is 1. The van der Waals surface area contributed by atoms with Crippen molar-refractivity contribution in [2.75, 3.05) is 31.5 Å². The summed E-state index contributed by atoms with van der Waals surface area (Å²) < 4.78 is 0. The van der Waals surface area contributed by atoms with Crippen molar-refractivity contribution in [3.05, 3.63) is 29.8 Å². The third-order valence-corrected chi connectivity index (χ3v) is 4.07. The van der Waals surface area contributed by atoms with Crippen molar-refractivity contribution in [3.63, 3.8) is 0 Å². The minimum absolute atomic E-state index is 0. The molecule has 0 radical (unpaired) electrons. The van der Waals surface area contributed by atoms with E-state index in [0.29, 0.717) is 0 Å². The fraction of sp³-hybridized carbons (Fsp3) is 0.588. The van der Waals surface area contributed by atoms with Gasteiger partial charge in [-0.1, -0.05) is 19.1 Å². The summed E-state index contributed by atoms with van der Waals surface area (Å²) in [5.41, 5.74) is 2.19. The zero-order valence-corrected chi connectivity index (χ0v) is 14.4. The summed E-state index contributed by atoms with van der Waals surface area (Å²) in [6, 6.07) is 8.18. The number of likely N-dealkylation sites (tertiary alicyclic amines) is 1. The number of carbonyl (C=O) groups is 1. The summed E-state index contributed by atoms with van der Waals surface area (Å²) >= 11 is 0. The first-order chi connectivity index (χ1) is 10.2. The van der Waals surface area contributed by atoms with E-state index in [1.165, 1.54) is 38.4 Å². The molecule has 0 spiro atoms. The Bertz CT molecular complexity index is 442. The van der Waals surface area contributed by atoms with Crippen molar-refractivity contribution >= 4 is 24.0 Å². The maximum Gasteiger partial charge on any atom is 0.221 e. The number of halogens is 1. The van der Waals surface area contributed by atoms with Gasteiger partial charge in [0.1, 0.15) is 0 Å². The lowest BCUT2D eigenvalue weighted by Gasteiger charge is -2.32. The first-order valence-electron chi connectivity index (χ1n) is 7.97. The fourth-order valence-electron chi connectivity index (χ4n) is 2.85. The Balaban J connectivity index is 0.00000242. The second-order valence-corrected chi connectivity index (χ2v) is 5.91. The molecule has 1 aliphatic rings. The number of carbonyl (C=O) groups excluding carboxylic acids is 1. The third-order valence-electron chi connectivity index (χ3n) is 4.07. The van der Waals surface area contributed by atoms with Gasteiger partial charge >= 0.3 is 0 Å². The molecule has 1 aromatic rings. The molecule has 0 unspecified atom stereocenters. The molecule has 1 saturated heterocycles. The summed E-state index contributed by atoms with van der Waals surface area (Å²) in [5, 5.41) is 6.25. The molecular weight excluding hydrogens is 298 g/mol. The summed E-state index contributed by atoms with van der Waals surface area (Å²) in [4.78, 5) is 13.5. The van der Waals surface area contributed by atoms with Gasteiger partial charge in [0, 0.05) is 19.2 Å². The van der Waals surface area contributed by atoms with Crippen LogP contribution in [-0.2, 0) is 11.3 Å².